The molecule has 1 aromatic carbocycles. The van der Waals surface area contributed by atoms with E-state index in [-0.39, 0.29) is 5.09 Å². The van der Waals surface area contributed by atoms with Crippen LogP contribution in [0.1, 0.15) is 11.3 Å². The van der Waals surface area contributed by atoms with E-state index in [1.54, 1.807) is 13.2 Å². The van der Waals surface area contributed by atoms with Gasteiger partial charge in [-0.1, -0.05) is 15.9 Å². The van der Waals surface area contributed by atoms with Crippen molar-refractivity contribution in [3.05, 3.63) is 40.1 Å². The molecule has 0 saturated heterocycles. The van der Waals surface area contributed by atoms with Gasteiger partial charge in [0.05, 0.1) is 19.3 Å². The number of methoxy groups -OCH3 is 1. The first-order valence-electron chi connectivity index (χ1n) is 6.01. The Morgan fingerprint density at radius 1 is 1.38 bits per heavy atom. The molecule has 1 aromatic heterocycles. The lowest BCUT2D eigenvalue weighted by Crippen LogP contribution is -2.10. The molecule has 0 spiro atoms. The van der Waals surface area contributed by atoms with Gasteiger partial charge in [0.1, 0.15) is 11.5 Å². The fourth-order valence-corrected chi connectivity index (χ4v) is 2.91. The summed E-state index contributed by atoms with van der Waals surface area (Å²) in [5.74, 6) is 1.14. The molecular weight excluding hydrogens is 360 g/mol. The van der Waals surface area contributed by atoms with Crippen molar-refractivity contribution in [2.45, 2.75) is 18.6 Å². The van der Waals surface area contributed by atoms with E-state index < -0.39 is 10.0 Å². The Kier molecular flexibility index (Phi) is 4.60. The van der Waals surface area contributed by atoms with Gasteiger partial charge in [0.15, 0.2) is 0 Å². The quantitative estimate of drug-likeness (QED) is 0.838. The number of rotatable bonds is 5. The Bertz CT molecular complexity index is 756. The van der Waals surface area contributed by atoms with E-state index in [4.69, 9.17) is 14.3 Å². The zero-order valence-corrected chi connectivity index (χ0v) is 13.9. The molecule has 0 saturated carbocycles. The molecule has 1 heterocycles. The first-order valence-corrected chi connectivity index (χ1v) is 8.34. The molecule has 21 heavy (non-hydrogen) atoms. The number of primary sulfonamides is 1. The Labute approximate surface area is 131 Å². The molecular formula is C13H15BrN2O4S. The molecule has 0 unspecified atom stereocenters. The number of halogens is 1. The molecule has 114 valence electrons. The SMILES string of the molecule is COc1cc(Br)cc(C)c1NCc1ccc(S(N)(=O)=O)o1. The highest BCUT2D eigenvalue weighted by Crippen LogP contribution is 2.32. The van der Waals surface area contributed by atoms with Crippen LogP contribution in [0.2, 0.25) is 0 Å². The first-order chi connectivity index (χ1) is 9.81. The van der Waals surface area contributed by atoms with Crippen LogP contribution < -0.4 is 15.2 Å². The number of aryl methyl sites for hydroxylation is 1. The minimum atomic E-state index is -3.82. The summed E-state index contributed by atoms with van der Waals surface area (Å²) in [5, 5.41) is 7.91. The van der Waals surface area contributed by atoms with Gasteiger partial charge >= 0.3 is 0 Å². The van der Waals surface area contributed by atoms with Gasteiger partial charge in [0, 0.05) is 4.47 Å². The lowest BCUT2D eigenvalue weighted by atomic mass is 10.2. The van der Waals surface area contributed by atoms with Crippen LogP contribution in [0.25, 0.3) is 0 Å². The fourth-order valence-electron chi connectivity index (χ4n) is 1.88. The number of hydrogen-bond acceptors (Lipinski definition) is 5. The van der Waals surface area contributed by atoms with Gasteiger partial charge in [-0.15, -0.1) is 0 Å². The maximum Gasteiger partial charge on any atom is 0.271 e. The Morgan fingerprint density at radius 3 is 2.67 bits per heavy atom. The smallest absolute Gasteiger partial charge is 0.271 e. The van der Waals surface area contributed by atoms with E-state index in [0.717, 1.165) is 15.7 Å². The summed E-state index contributed by atoms with van der Waals surface area (Å²) in [5.41, 5.74) is 1.80. The predicted octanol–water partition coefficient (Wildman–Crippen LogP) is 2.62. The number of nitrogens with one attached hydrogen (secondary N) is 1. The fraction of sp³-hybridized carbons (Fsp3) is 0.231. The van der Waals surface area contributed by atoms with Crippen molar-refractivity contribution in [2.75, 3.05) is 12.4 Å². The third-order valence-corrected chi connectivity index (χ3v) is 4.08. The zero-order chi connectivity index (χ0) is 15.6. The highest BCUT2D eigenvalue weighted by atomic mass is 79.9. The second-order valence-electron chi connectivity index (χ2n) is 4.42. The van der Waals surface area contributed by atoms with Gasteiger partial charge in [-0.3, -0.25) is 0 Å². The Hall–Kier alpha value is -1.51. The minimum Gasteiger partial charge on any atom is -0.495 e. The average Bonchev–Trinajstić information content (AvgIpc) is 2.85. The number of sulfonamides is 1. The molecule has 0 fully saturated rings. The van der Waals surface area contributed by atoms with Gasteiger partial charge in [-0.2, -0.15) is 0 Å². The summed E-state index contributed by atoms with van der Waals surface area (Å²) >= 11 is 3.40. The highest BCUT2D eigenvalue weighted by molar-refractivity contribution is 9.10. The van der Waals surface area contributed by atoms with Crippen LogP contribution >= 0.6 is 15.9 Å². The summed E-state index contributed by atoms with van der Waals surface area (Å²) in [7, 11) is -2.24. The topological polar surface area (TPSA) is 94.6 Å². The van der Waals surface area contributed by atoms with E-state index in [1.807, 2.05) is 19.1 Å². The summed E-state index contributed by atoms with van der Waals surface area (Å²) in [6.45, 7) is 2.25. The number of furan rings is 1. The van der Waals surface area contributed by atoms with Gasteiger partial charge in [0.2, 0.25) is 5.09 Å². The second-order valence-corrected chi connectivity index (χ2v) is 6.83. The molecule has 0 bridgehead atoms. The van der Waals surface area contributed by atoms with Crippen LogP contribution in [-0.4, -0.2) is 15.5 Å². The molecule has 0 radical (unpaired) electrons. The van der Waals surface area contributed by atoms with Crippen molar-refractivity contribution in [1.29, 1.82) is 0 Å². The lowest BCUT2D eigenvalue weighted by molar-refractivity contribution is 0.412. The maximum atomic E-state index is 11.2. The molecule has 2 rings (SSSR count). The van der Waals surface area contributed by atoms with Gasteiger partial charge in [0.25, 0.3) is 10.0 Å². The number of hydrogen-bond donors (Lipinski definition) is 2. The van der Waals surface area contributed by atoms with Crippen molar-refractivity contribution in [1.82, 2.24) is 0 Å². The van der Waals surface area contributed by atoms with Crippen LogP contribution in [0.15, 0.2) is 38.2 Å². The highest BCUT2D eigenvalue weighted by Gasteiger charge is 2.14. The largest absolute Gasteiger partial charge is 0.495 e. The summed E-state index contributed by atoms with van der Waals surface area (Å²) in [6.07, 6.45) is 0. The third-order valence-electron chi connectivity index (χ3n) is 2.84. The van der Waals surface area contributed by atoms with Gasteiger partial charge < -0.3 is 14.5 Å². The van der Waals surface area contributed by atoms with Crippen LogP contribution in [0.5, 0.6) is 5.75 Å². The van der Waals surface area contributed by atoms with Crippen molar-refractivity contribution >= 4 is 31.6 Å². The van der Waals surface area contributed by atoms with Crippen LogP contribution in [0.3, 0.4) is 0 Å². The van der Waals surface area contributed by atoms with E-state index in [2.05, 4.69) is 21.2 Å². The minimum absolute atomic E-state index is 0.251. The van der Waals surface area contributed by atoms with Crippen LogP contribution in [0, 0.1) is 6.92 Å². The predicted molar refractivity (Wildman–Crippen MR) is 82.8 cm³/mol. The molecule has 0 atom stereocenters. The van der Waals surface area contributed by atoms with Crippen molar-refractivity contribution in [2.24, 2.45) is 5.14 Å². The third kappa shape index (κ3) is 3.78. The second kappa shape index (κ2) is 6.08. The van der Waals surface area contributed by atoms with Gasteiger partial charge in [-0.05, 0) is 36.8 Å². The normalized spacial score (nSPS) is 11.4. The maximum absolute atomic E-state index is 11.2. The van der Waals surface area contributed by atoms with E-state index in [1.165, 1.54) is 6.07 Å². The Balaban J connectivity index is 2.19. The Morgan fingerprint density at radius 2 is 2.10 bits per heavy atom. The molecule has 6 nitrogen and oxygen atoms in total. The molecule has 0 aliphatic carbocycles. The summed E-state index contributed by atoms with van der Waals surface area (Å²) in [6, 6.07) is 6.68. The van der Waals surface area contributed by atoms with Crippen LogP contribution in [-0.2, 0) is 16.6 Å². The molecule has 8 heteroatoms. The standard InChI is InChI=1S/C13H15BrN2O4S/c1-8-5-9(14)6-11(19-2)13(8)16-7-10-3-4-12(20-10)21(15,17)18/h3-6,16H,7H2,1-2H3,(H2,15,17,18). The number of nitrogens with two attached hydrogens (primary N) is 1. The monoisotopic (exact) mass is 374 g/mol. The number of anilines is 1. The molecule has 0 aliphatic rings. The van der Waals surface area contributed by atoms with Crippen molar-refractivity contribution in [3.63, 3.8) is 0 Å². The van der Waals surface area contributed by atoms with E-state index >= 15 is 0 Å². The lowest BCUT2D eigenvalue weighted by Gasteiger charge is -2.13. The summed E-state index contributed by atoms with van der Waals surface area (Å²) in [4.78, 5) is 0. The van der Waals surface area contributed by atoms with E-state index in [0.29, 0.717) is 18.1 Å². The van der Waals surface area contributed by atoms with Gasteiger partial charge in [-0.25, -0.2) is 13.6 Å². The van der Waals surface area contributed by atoms with Crippen LogP contribution in [0.4, 0.5) is 5.69 Å². The average molecular weight is 375 g/mol. The molecule has 2 aromatic rings. The number of benzene rings is 1. The molecule has 0 aliphatic heterocycles. The van der Waals surface area contributed by atoms with E-state index in [9.17, 15) is 8.42 Å². The van der Waals surface area contributed by atoms with Crippen molar-refractivity contribution in [3.8, 4) is 5.75 Å². The summed E-state index contributed by atoms with van der Waals surface area (Å²) < 4.78 is 33.7. The van der Waals surface area contributed by atoms with Crippen molar-refractivity contribution < 1.29 is 17.6 Å². The first kappa shape index (κ1) is 15.9. The molecule has 3 N–H and O–H groups in total. The molecule has 0 amide bonds. The zero-order valence-electron chi connectivity index (χ0n) is 11.5. The number of ether oxygens (including phenoxy) is 1.